The van der Waals surface area contributed by atoms with Gasteiger partial charge in [0.25, 0.3) is 5.91 Å². The van der Waals surface area contributed by atoms with Crippen LogP contribution in [0.3, 0.4) is 0 Å². The van der Waals surface area contributed by atoms with E-state index in [1.807, 2.05) is 35.8 Å². The summed E-state index contributed by atoms with van der Waals surface area (Å²) < 4.78 is 30.2. The molecular formula is C21H25N3O4S. The second kappa shape index (κ2) is 9.19. The first kappa shape index (κ1) is 21.0. The number of carbonyl (C=O) groups is 1. The minimum atomic E-state index is -3.12. The molecule has 1 N–H and O–H groups in total. The number of sulfone groups is 1. The lowest BCUT2D eigenvalue weighted by atomic mass is 10.1. The molecule has 2 aromatic carbocycles. The van der Waals surface area contributed by atoms with E-state index in [-0.39, 0.29) is 11.7 Å². The van der Waals surface area contributed by atoms with Gasteiger partial charge < -0.3 is 9.30 Å². The number of carbonyl (C=O) groups excluding carboxylic acids is 1. The molecule has 0 radical (unpaired) electrons. The van der Waals surface area contributed by atoms with Crippen molar-refractivity contribution in [1.29, 1.82) is 0 Å². The van der Waals surface area contributed by atoms with E-state index in [9.17, 15) is 13.2 Å². The summed E-state index contributed by atoms with van der Waals surface area (Å²) >= 11 is 0. The van der Waals surface area contributed by atoms with Crippen LogP contribution in [-0.4, -0.2) is 43.3 Å². The molecule has 3 rings (SSSR count). The Hall–Kier alpha value is -2.71. The van der Waals surface area contributed by atoms with Crippen LogP contribution in [0.25, 0.3) is 11.0 Å². The molecule has 0 saturated heterocycles. The Morgan fingerprint density at radius 3 is 2.55 bits per heavy atom. The van der Waals surface area contributed by atoms with Gasteiger partial charge in [0.05, 0.1) is 16.8 Å². The summed E-state index contributed by atoms with van der Waals surface area (Å²) in [5.74, 6) is 0.134. The van der Waals surface area contributed by atoms with E-state index in [1.54, 1.807) is 24.3 Å². The van der Waals surface area contributed by atoms with Gasteiger partial charge >= 0.3 is 0 Å². The molecule has 8 heteroatoms. The number of rotatable bonds is 9. The number of para-hydroxylation sites is 2. The normalized spacial score (nSPS) is 11.7. The highest BCUT2D eigenvalue weighted by Gasteiger charge is 2.14. The maximum atomic E-state index is 12.7. The van der Waals surface area contributed by atoms with Crippen LogP contribution in [0.5, 0.6) is 0 Å². The Kier molecular flexibility index (Phi) is 6.66. The number of nitrogens with one attached hydrogen (secondary N) is 1. The quantitative estimate of drug-likeness (QED) is 0.542. The zero-order chi connectivity index (χ0) is 20.9. The molecule has 1 aromatic heterocycles. The highest BCUT2D eigenvalue weighted by atomic mass is 32.2. The van der Waals surface area contributed by atoms with Gasteiger partial charge in [0, 0.05) is 31.6 Å². The molecule has 0 aliphatic heterocycles. The van der Waals surface area contributed by atoms with Gasteiger partial charge in [-0.15, -0.1) is 0 Å². The minimum Gasteiger partial charge on any atom is -0.382 e. The predicted molar refractivity (Wildman–Crippen MR) is 114 cm³/mol. The average molecular weight is 416 g/mol. The summed E-state index contributed by atoms with van der Waals surface area (Å²) in [6, 6.07) is 14.3. The SMILES string of the molecule is CCOCCCn1c(NC(=O)c2ccc(CS(C)(=O)=O)cc2)nc2ccccc21. The number of nitrogens with zero attached hydrogens (tertiary/aromatic N) is 2. The number of aryl methyl sites for hydroxylation is 1. The maximum absolute atomic E-state index is 12.7. The molecule has 0 aliphatic rings. The van der Waals surface area contributed by atoms with Crippen LogP contribution < -0.4 is 5.32 Å². The van der Waals surface area contributed by atoms with Crippen LogP contribution >= 0.6 is 0 Å². The summed E-state index contributed by atoms with van der Waals surface area (Å²) in [5, 5.41) is 2.88. The first-order chi connectivity index (χ1) is 13.9. The molecule has 0 atom stereocenters. The van der Waals surface area contributed by atoms with E-state index in [2.05, 4.69) is 10.3 Å². The lowest BCUT2D eigenvalue weighted by Gasteiger charge is -2.10. The molecule has 1 heterocycles. The Balaban J connectivity index is 1.78. The fourth-order valence-electron chi connectivity index (χ4n) is 3.10. The topological polar surface area (TPSA) is 90.3 Å². The third-order valence-electron chi connectivity index (χ3n) is 4.40. The van der Waals surface area contributed by atoms with Crippen molar-refractivity contribution in [3.8, 4) is 0 Å². The Morgan fingerprint density at radius 2 is 1.86 bits per heavy atom. The van der Waals surface area contributed by atoms with Crippen molar-refractivity contribution in [2.75, 3.05) is 24.8 Å². The Bertz CT molecular complexity index is 1090. The van der Waals surface area contributed by atoms with E-state index in [1.165, 1.54) is 6.26 Å². The van der Waals surface area contributed by atoms with Crippen LogP contribution in [0.1, 0.15) is 29.3 Å². The second-order valence-electron chi connectivity index (χ2n) is 6.85. The third-order valence-corrected chi connectivity index (χ3v) is 5.26. The van der Waals surface area contributed by atoms with Gasteiger partial charge in [-0.25, -0.2) is 13.4 Å². The summed E-state index contributed by atoms with van der Waals surface area (Å²) in [5.41, 5.74) is 2.84. The maximum Gasteiger partial charge on any atom is 0.257 e. The highest BCUT2D eigenvalue weighted by molar-refractivity contribution is 7.89. The number of aromatic nitrogens is 2. The van der Waals surface area contributed by atoms with Gasteiger partial charge in [0.15, 0.2) is 9.84 Å². The molecule has 1 amide bonds. The average Bonchev–Trinajstić information content (AvgIpc) is 3.01. The lowest BCUT2D eigenvalue weighted by Crippen LogP contribution is -2.16. The lowest BCUT2D eigenvalue weighted by molar-refractivity contribution is 0.102. The molecule has 7 nitrogen and oxygen atoms in total. The van der Waals surface area contributed by atoms with E-state index in [0.29, 0.717) is 36.8 Å². The molecule has 3 aromatic rings. The number of imidazole rings is 1. The van der Waals surface area contributed by atoms with Crippen molar-refractivity contribution < 1.29 is 17.9 Å². The first-order valence-electron chi connectivity index (χ1n) is 9.48. The Labute approximate surface area is 170 Å². The molecule has 0 fully saturated rings. The van der Waals surface area contributed by atoms with Crippen LogP contribution in [-0.2, 0) is 26.9 Å². The molecule has 0 bridgehead atoms. The van der Waals surface area contributed by atoms with Crippen molar-refractivity contribution in [1.82, 2.24) is 9.55 Å². The summed E-state index contributed by atoms with van der Waals surface area (Å²) in [7, 11) is -3.12. The van der Waals surface area contributed by atoms with Gasteiger partial charge in [0.2, 0.25) is 5.95 Å². The van der Waals surface area contributed by atoms with Crippen molar-refractivity contribution >= 4 is 32.7 Å². The summed E-state index contributed by atoms with van der Waals surface area (Å²) in [6.45, 7) is 3.94. The fourth-order valence-corrected chi connectivity index (χ4v) is 3.89. The van der Waals surface area contributed by atoms with Crippen LogP contribution in [0.2, 0.25) is 0 Å². The molecule has 29 heavy (non-hydrogen) atoms. The van der Waals surface area contributed by atoms with Crippen molar-refractivity contribution in [2.45, 2.75) is 25.6 Å². The largest absolute Gasteiger partial charge is 0.382 e. The van der Waals surface area contributed by atoms with E-state index in [0.717, 1.165) is 17.5 Å². The molecular weight excluding hydrogens is 390 g/mol. The Morgan fingerprint density at radius 1 is 1.14 bits per heavy atom. The number of ether oxygens (including phenoxy) is 1. The zero-order valence-corrected chi connectivity index (χ0v) is 17.4. The third kappa shape index (κ3) is 5.65. The monoisotopic (exact) mass is 415 g/mol. The number of anilines is 1. The second-order valence-corrected chi connectivity index (χ2v) is 8.99. The van der Waals surface area contributed by atoms with E-state index in [4.69, 9.17) is 4.74 Å². The standard InChI is InChI=1S/C21H25N3O4S/c1-3-28-14-6-13-24-19-8-5-4-7-18(19)22-21(24)23-20(25)17-11-9-16(10-12-17)15-29(2,26)27/h4-5,7-12H,3,6,13-15H2,1-2H3,(H,22,23,25). The number of hydrogen-bond donors (Lipinski definition) is 1. The van der Waals surface area contributed by atoms with Gasteiger partial charge in [-0.1, -0.05) is 24.3 Å². The minimum absolute atomic E-state index is 0.0511. The molecule has 0 unspecified atom stereocenters. The smallest absolute Gasteiger partial charge is 0.257 e. The van der Waals surface area contributed by atoms with E-state index >= 15 is 0 Å². The fraction of sp³-hybridized carbons (Fsp3) is 0.333. The highest BCUT2D eigenvalue weighted by Crippen LogP contribution is 2.21. The number of amides is 1. The molecule has 0 saturated carbocycles. The number of hydrogen-bond acceptors (Lipinski definition) is 5. The number of benzene rings is 2. The number of fused-ring (bicyclic) bond motifs is 1. The van der Waals surface area contributed by atoms with Gasteiger partial charge in [0.1, 0.15) is 0 Å². The molecule has 154 valence electrons. The van der Waals surface area contributed by atoms with Crippen LogP contribution in [0.4, 0.5) is 5.95 Å². The van der Waals surface area contributed by atoms with Gasteiger partial charge in [-0.2, -0.15) is 0 Å². The van der Waals surface area contributed by atoms with Gasteiger partial charge in [-0.05, 0) is 43.2 Å². The summed E-state index contributed by atoms with van der Waals surface area (Å²) in [6.07, 6.45) is 1.99. The van der Waals surface area contributed by atoms with Crippen molar-refractivity contribution in [2.24, 2.45) is 0 Å². The first-order valence-corrected chi connectivity index (χ1v) is 11.5. The van der Waals surface area contributed by atoms with Gasteiger partial charge in [-0.3, -0.25) is 10.1 Å². The van der Waals surface area contributed by atoms with Crippen molar-refractivity contribution in [3.05, 3.63) is 59.7 Å². The summed E-state index contributed by atoms with van der Waals surface area (Å²) in [4.78, 5) is 17.3. The van der Waals surface area contributed by atoms with Crippen LogP contribution in [0, 0.1) is 0 Å². The van der Waals surface area contributed by atoms with E-state index < -0.39 is 9.84 Å². The van der Waals surface area contributed by atoms with Crippen LogP contribution in [0.15, 0.2) is 48.5 Å². The predicted octanol–water partition coefficient (Wildman–Crippen LogP) is 3.26. The zero-order valence-electron chi connectivity index (χ0n) is 16.6. The van der Waals surface area contributed by atoms with Crippen molar-refractivity contribution in [3.63, 3.8) is 0 Å². The molecule has 0 spiro atoms. The molecule has 0 aliphatic carbocycles.